The van der Waals surface area contributed by atoms with Gasteiger partial charge in [-0.3, -0.25) is 4.79 Å². The number of hydrogen-bond donors (Lipinski definition) is 2. The van der Waals surface area contributed by atoms with Crippen LogP contribution >= 0.6 is 11.6 Å². The topological polar surface area (TPSA) is 63.3 Å². The van der Waals surface area contributed by atoms with Crippen molar-refractivity contribution in [1.29, 1.82) is 0 Å². The highest BCUT2D eigenvalue weighted by molar-refractivity contribution is 6.31. The van der Waals surface area contributed by atoms with Crippen molar-refractivity contribution in [2.45, 2.75) is 6.42 Å². The lowest BCUT2D eigenvalue weighted by Gasteiger charge is -1.97. The Balaban J connectivity index is 2.76. The first-order valence-electron chi connectivity index (χ1n) is 4.02. The van der Waals surface area contributed by atoms with Crippen molar-refractivity contribution in [1.82, 2.24) is 0 Å². The first kappa shape index (κ1) is 10.6. The highest BCUT2D eigenvalue weighted by Gasteiger charge is 1.94. The highest BCUT2D eigenvalue weighted by Crippen LogP contribution is 2.17. The molecule has 1 aromatic rings. The fourth-order valence-corrected chi connectivity index (χ4v) is 1.28. The van der Waals surface area contributed by atoms with E-state index in [0.29, 0.717) is 10.7 Å². The quantitative estimate of drug-likeness (QED) is 0.755. The number of nitrogen functional groups attached to an aromatic ring is 1. The molecule has 0 spiro atoms. The molecule has 14 heavy (non-hydrogen) atoms. The van der Waals surface area contributed by atoms with E-state index in [-0.39, 0.29) is 6.42 Å². The Kier molecular flexibility index (Phi) is 3.54. The van der Waals surface area contributed by atoms with Gasteiger partial charge in [-0.1, -0.05) is 23.8 Å². The molecule has 1 aromatic carbocycles. The number of aliphatic carboxylic acids is 1. The fourth-order valence-electron chi connectivity index (χ4n) is 1.03. The summed E-state index contributed by atoms with van der Waals surface area (Å²) in [6.07, 6.45) is 3.22. The van der Waals surface area contributed by atoms with Crippen LogP contribution in [0.15, 0.2) is 24.3 Å². The van der Waals surface area contributed by atoms with Gasteiger partial charge in [-0.05, 0) is 23.8 Å². The van der Waals surface area contributed by atoms with E-state index in [1.165, 1.54) is 0 Å². The summed E-state index contributed by atoms with van der Waals surface area (Å²) in [6.45, 7) is 0. The van der Waals surface area contributed by atoms with Crippen LogP contribution in [0.3, 0.4) is 0 Å². The van der Waals surface area contributed by atoms with Gasteiger partial charge in [0, 0.05) is 10.7 Å². The molecule has 3 nitrogen and oxygen atoms in total. The monoisotopic (exact) mass is 211 g/mol. The zero-order valence-electron chi connectivity index (χ0n) is 7.40. The number of hydrogen-bond acceptors (Lipinski definition) is 2. The SMILES string of the molecule is Nc1cc(Cl)cc(C=CCC(=O)O)c1. The van der Waals surface area contributed by atoms with Crippen LogP contribution in [0.4, 0.5) is 5.69 Å². The van der Waals surface area contributed by atoms with Crippen LogP contribution in [0.2, 0.25) is 5.02 Å². The molecule has 0 aliphatic carbocycles. The van der Waals surface area contributed by atoms with Crippen LogP contribution in [0.25, 0.3) is 6.08 Å². The maximum absolute atomic E-state index is 10.2. The van der Waals surface area contributed by atoms with Gasteiger partial charge in [0.15, 0.2) is 0 Å². The van der Waals surface area contributed by atoms with Gasteiger partial charge < -0.3 is 10.8 Å². The number of benzene rings is 1. The molecule has 0 saturated carbocycles. The maximum Gasteiger partial charge on any atom is 0.307 e. The van der Waals surface area contributed by atoms with Gasteiger partial charge in [0.2, 0.25) is 0 Å². The smallest absolute Gasteiger partial charge is 0.307 e. The lowest BCUT2D eigenvalue weighted by molar-refractivity contribution is -0.135. The molecule has 74 valence electrons. The Morgan fingerprint density at radius 3 is 2.79 bits per heavy atom. The number of carboxylic acid groups (broad SMARTS) is 1. The predicted octanol–water partition coefficient (Wildman–Crippen LogP) is 2.41. The summed E-state index contributed by atoms with van der Waals surface area (Å²) in [7, 11) is 0. The number of carboxylic acids is 1. The minimum atomic E-state index is -0.865. The van der Waals surface area contributed by atoms with E-state index < -0.39 is 5.97 Å². The molecule has 0 amide bonds. The number of carbonyl (C=O) groups is 1. The first-order chi connectivity index (χ1) is 6.58. The molecule has 0 radical (unpaired) electrons. The molecular formula is C10H10ClNO2. The molecule has 0 unspecified atom stereocenters. The second-order valence-corrected chi connectivity index (χ2v) is 3.25. The standard InChI is InChI=1S/C10H10ClNO2/c11-8-4-7(5-9(12)6-8)2-1-3-10(13)14/h1-2,4-6H,3,12H2,(H,13,14). The normalized spacial score (nSPS) is 10.6. The number of nitrogens with two attached hydrogens (primary N) is 1. The molecule has 0 atom stereocenters. The second-order valence-electron chi connectivity index (χ2n) is 2.82. The second kappa shape index (κ2) is 4.67. The van der Waals surface area contributed by atoms with Crippen molar-refractivity contribution in [2.75, 3.05) is 5.73 Å². The summed E-state index contributed by atoms with van der Waals surface area (Å²) in [5.41, 5.74) is 6.92. The minimum Gasteiger partial charge on any atom is -0.481 e. The van der Waals surface area contributed by atoms with Gasteiger partial charge in [-0.25, -0.2) is 0 Å². The van der Waals surface area contributed by atoms with Gasteiger partial charge in [0.1, 0.15) is 0 Å². The lowest BCUT2D eigenvalue weighted by atomic mass is 10.2. The summed E-state index contributed by atoms with van der Waals surface area (Å²) in [5, 5.41) is 8.94. The summed E-state index contributed by atoms with van der Waals surface area (Å²) in [6, 6.07) is 5.08. The molecule has 0 fully saturated rings. The van der Waals surface area contributed by atoms with Crippen LogP contribution in [0.1, 0.15) is 12.0 Å². The van der Waals surface area contributed by atoms with E-state index in [1.807, 2.05) is 0 Å². The Morgan fingerprint density at radius 1 is 1.50 bits per heavy atom. The average molecular weight is 212 g/mol. The zero-order valence-corrected chi connectivity index (χ0v) is 8.16. The third-order valence-corrected chi connectivity index (χ3v) is 1.76. The molecule has 1 rings (SSSR count). The molecule has 0 bridgehead atoms. The van der Waals surface area contributed by atoms with Crippen LogP contribution < -0.4 is 5.73 Å². The van der Waals surface area contributed by atoms with E-state index in [1.54, 1.807) is 30.4 Å². The summed E-state index contributed by atoms with van der Waals surface area (Å²) in [4.78, 5) is 10.2. The van der Waals surface area contributed by atoms with Crippen molar-refractivity contribution in [3.05, 3.63) is 34.9 Å². The molecular weight excluding hydrogens is 202 g/mol. The van der Waals surface area contributed by atoms with E-state index in [0.717, 1.165) is 5.56 Å². The van der Waals surface area contributed by atoms with E-state index in [4.69, 9.17) is 22.4 Å². The van der Waals surface area contributed by atoms with Crippen molar-refractivity contribution < 1.29 is 9.90 Å². The minimum absolute atomic E-state index is 0.00752. The van der Waals surface area contributed by atoms with Gasteiger partial charge in [0.25, 0.3) is 0 Å². The van der Waals surface area contributed by atoms with Crippen molar-refractivity contribution >= 4 is 29.3 Å². The Bertz CT molecular complexity index is 354. The first-order valence-corrected chi connectivity index (χ1v) is 4.40. The predicted molar refractivity (Wildman–Crippen MR) is 57.2 cm³/mol. The van der Waals surface area contributed by atoms with Gasteiger partial charge in [0.05, 0.1) is 6.42 Å². The Morgan fingerprint density at radius 2 is 2.21 bits per heavy atom. The van der Waals surface area contributed by atoms with Crippen LogP contribution in [0.5, 0.6) is 0 Å². The van der Waals surface area contributed by atoms with E-state index in [9.17, 15) is 4.79 Å². The molecule has 0 saturated heterocycles. The lowest BCUT2D eigenvalue weighted by Crippen LogP contribution is -1.90. The van der Waals surface area contributed by atoms with Crippen molar-refractivity contribution in [2.24, 2.45) is 0 Å². The fraction of sp³-hybridized carbons (Fsp3) is 0.100. The summed E-state index contributed by atoms with van der Waals surface area (Å²) < 4.78 is 0. The highest BCUT2D eigenvalue weighted by atomic mass is 35.5. The zero-order chi connectivity index (χ0) is 10.6. The number of halogens is 1. The third kappa shape index (κ3) is 3.49. The maximum atomic E-state index is 10.2. The van der Waals surface area contributed by atoms with Crippen LogP contribution in [0, 0.1) is 0 Å². The molecule has 0 heterocycles. The Hall–Kier alpha value is -1.48. The molecule has 0 aliphatic heterocycles. The van der Waals surface area contributed by atoms with Gasteiger partial charge in [-0.2, -0.15) is 0 Å². The van der Waals surface area contributed by atoms with Crippen LogP contribution in [-0.2, 0) is 4.79 Å². The summed E-state index contributed by atoms with van der Waals surface area (Å²) in [5.74, 6) is -0.865. The van der Waals surface area contributed by atoms with Crippen LogP contribution in [-0.4, -0.2) is 11.1 Å². The van der Waals surface area contributed by atoms with E-state index in [2.05, 4.69) is 0 Å². The van der Waals surface area contributed by atoms with Crippen molar-refractivity contribution in [3.8, 4) is 0 Å². The van der Waals surface area contributed by atoms with Gasteiger partial charge in [-0.15, -0.1) is 0 Å². The molecule has 0 aromatic heterocycles. The molecule has 3 N–H and O–H groups in total. The number of anilines is 1. The van der Waals surface area contributed by atoms with Gasteiger partial charge >= 0.3 is 5.97 Å². The van der Waals surface area contributed by atoms with E-state index >= 15 is 0 Å². The Labute approximate surface area is 86.8 Å². The number of rotatable bonds is 3. The average Bonchev–Trinajstić information content (AvgIpc) is 2.01. The molecule has 0 aliphatic rings. The molecule has 4 heteroatoms. The largest absolute Gasteiger partial charge is 0.481 e. The van der Waals surface area contributed by atoms with Crippen molar-refractivity contribution in [3.63, 3.8) is 0 Å². The third-order valence-electron chi connectivity index (χ3n) is 1.55. The summed E-state index contributed by atoms with van der Waals surface area (Å²) >= 11 is 5.76.